The molecule has 1 heterocycles. The van der Waals surface area contributed by atoms with Gasteiger partial charge in [-0.25, -0.2) is 8.42 Å². The summed E-state index contributed by atoms with van der Waals surface area (Å²) in [5.74, 6) is 0.570. The fourth-order valence-corrected chi connectivity index (χ4v) is 4.42. The molecule has 9 heteroatoms. The average molecular weight is 445 g/mol. The highest BCUT2D eigenvalue weighted by Crippen LogP contribution is 2.33. The van der Waals surface area contributed by atoms with Crippen molar-refractivity contribution in [2.75, 3.05) is 25.3 Å². The van der Waals surface area contributed by atoms with Crippen LogP contribution in [0.25, 0.3) is 11.3 Å². The van der Waals surface area contributed by atoms with Crippen LogP contribution in [0.2, 0.25) is 0 Å². The van der Waals surface area contributed by atoms with Gasteiger partial charge in [0.05, 0.1) is 25.7 Å². The van der Waals surface area contributed by atoms with Crippen molar-refractivity contribution in [2.24, 2.45) is 0 Å². The fourth-order valence-electron chi connectivity index (χ4n) is 2.98. The van der Waals surface area contributed by atoms with E-state index in [2.05, 4.69) is 10.5 Å². The number of amides is 1. The van der Waals surface area contributed by atoms with Crippen LogP contribution >= 0.6 is 0 Å². The van der Waals surface area contributed by atoms with E-state index in [1.165, 1.54) is 13.2 Å². The number of anilines is 1. The first kappa shape index (κ1) is 22.4. The maximum absolute atomic E-state index is 13.0. The largest absolute Gasteiger partial charge is 0.497 e. The summed E-state index contributed by atoms with van der Waals surface area (Å²) in [5.41, 5.74) is 2.68. The number of ether oxygens (including phenoxy) is 2. The lowest BCUT2D eigenvalue weighted by molar-refractivity contribution is -0.115. The molecule has 0 spiro atoms. The summed E-state index contributed by atoms with van der Waals surface area (Å²) >= 11 is 0. The molecule has 8 nitrogen and oxygen atoms in total. The average Bonchev–Trinajstić information content (AvgIpc) is 3.11. The Hall–Kier alpha value is -3.33. The first-order chi connectivity index (χ1) is 14.7. The lowest BCUT2D eigenvalue weighted by Gasteiger charge is -2.11. The number of carbonyl (C=O) groups is 1. The number of nitrogens with one attached hydrogen (secondary N) is 1. The third kappa shape index (κ3) is 5.05. The van der Waals surface area contributed by atoms with E-state index in [-0.39, 0.29) is 22.8 Å². The first-order valence-electron chi connectivity index (χ1n) is 9.53. The van der Waals surface area contributed by atoms with E-state index in [1.54, 1.807) is 43.5 Å². The lowest BCUT2D eigenvalue weighted by Crippen LogP contribution is -2.18. The van der Waals surface area contributed by atoms with E-state index in [0.717, 1.165) is 11.3 Å². The topological polar surface area (TPSA) is 108 Å². The number of hydrogen-bond donors (Lipinski definition) is 1. The Morgan fingerprint density at radius 1 is 1.06 bits per heavy atom. The normalized spacial score (nSPS) is 11.2. The van der Waals surface area contributed by atoms with Gasteiger partial charge in [-0.15, -0.1) is 0 Å². The number of sulfone groups is 1. The Bertz CT molecular complexity index is 1180. The molecule has 0 fully saturated rings. The molecule has 1 aromatic heterocycles. The van der Waals surface area contributed by atoms with Crippen molar-refractivity contribution < 1.29 is 27.2 Å². The Morgan fingerprint density at radius 3 is 2.35 bits per heavy atom. The van der Waals surface area contributed by atoms with E-state index in [1.807, 2.05) is 13.8 Å². The zero-order valence-corrected chi connectivity index (χ0v) is 18.6. The number of methoxy groups -OCH3 is 2. The molecule has 0 unspecified atom stereocenters. The first-order valence-corrected chi connectivity index (χ1v) is 11.2. The maximum atomic E-state index is 13.0. The van der Waals surface area contributed by atoms with Crippen LogP contribution < -0.4 is 14.8 Å². The van der Waals surface area contributed by atoms with E-state index < -0.39 is 15.7 Å². The van der Waals surface area contributed by atoms with Gasteiger partial charge in [-0.05, 0) is 56.3 Å². The molecule has 2 aromatic carbocycles. The quantitative estimate of drug-likeness (QED) is 0.563. The summed E-state index contributed by atoms with van der Waals surface area (Å²) in [5, 5.41) is 6.60. The third-order valence-electron chi connectivity index (χ3n) is 4.89. The summed E-state index contributed by atoms with van der Waals surface area (Å²) in [6, 6.07) is 11.5. The highest BCUT2D eigenvalue weighted by Gasteiger charge is 2.23. The summed E-state index contributed by atoms with van der Waals surface area (Å²) < 4.78 is 41.7. The van der Waals surface area contributed by atoms with Gasteiger partial charge in [0.2, 0.25) is 5.91 Å². The molecular formula is C22H24N2O6S. The van der Waals surface area contributed by atoms with Crippen molar-refractivity contribution in [2.45, 2.75) is 25.2 Å². The van der Waals surface area contributed by atoms with Crippen molar-refractivity contribution >= 4 is 21.4 Å². The molecule has 0 aliphatic carbocycles. The summed E-state index contributed by atoms with van der Waals surface area (Å²) in [7, 11) is -0.860. The molecule has 0 aliphatic rings. The van der Waals surface area contributed by atoms with Crippen LogP contribution in [0.4, 0.5) is 5.69 Å². The van der Waals surface area contributed by atoms with Crippen molar-refractivity contribution in [3.05, 3.63) is 53.7 Å². The monoisotopic (exact) mass is 444 g/mol. The summed E-state index contributed by atoms with van der Waals surface area (Å²) in [4.78, 5) is 12.3. The SMILES string of the molecule is COc1ccc(NC(=O)CCS(=O)(=O)c2cc(-c3onc(C)c3C)ccc2OC)cc1. The number of aryl methyl sites for hydroxylation is 1. The number of rotatable bonds is 8. The molecule has 3 rings (SSSR count). The van der Waals surface area contributed by atoms with Crippen LogP contribution in [0.5, 0.6) is 11.5 Å². The Morgan fingerprint density at radius 2 is 1.77 bits per heavy atom. The van der Waals surface area contributed by atoms with Crippen LogP contribution in [0.3, 0.4) is 0 Å². The minimum atomic E-state index is -3.81. The smallest absolute Gasteiger partial charge is 0.225 e. The molecule has 0 aliphatic heterocycles. The van der Waals surface area contributed by atoms with Crippen molar-refractivity contribution in [3.63, 3.8) is 0 Å². The van der Waals surface area contributed by atoms with Crippen LogP contribution in [-0.2, 0) is 14.6 Å². The van der Waals surface area contributed by atoms with Crippen molar-refractivity contribution in [1.29, 1.82) is 0 Å². The van der Waals surface area contributed by atoms with Gasteiger partial charge in [-0.1, -0.05) is 5.16 Å². The lowest BCUT2D eigenvalue weighted by atomic mass is 10.1. The van der Waals surface area contributed by atoms with Crippen LogP contribution in [0, 0.1) is 13.8 Å². The second-order valence-corrected chi connectivity index (χ2v) is 9.01. The minimum Gasteiger partial charge on any atom is -0.497 e. The number of aromatic nitrogens is 1. The number of nitrogens with zero attached hydrogens (tertiary/aromatic N) is 1. The van der Waals surface area contributed by atoms with Gasteiger partial charge >= 0.3 is 0 Å². The molecule has 0 bridgehead atoms. The number of carbonyl (C=O) groups excluding carboxylic acids is 1. The van der Waals surface area contributed by atoms with Gasteiger partial charge in [0, 0.05) is 23.2 Å². The molecule has 3 aromatic rings. The zero-order chi connectivity index (χ0) is 22.6. The highest BCUT2D eigenvalue weighted by molar-refractivity contribution is 7.91. The molecule has 1 amide bonds. The third-order valence-corrected chi connectivity index (χ3v) is 6.62. The molecule has 0 radical (unpaired) electrons. The second-order valence-electron chi connectivity index (χ2n) is 6.93. The van der Waals surface area contributed by atoms with Crippen LogP contribution in [-0.4, -0.2) is 39.5 Å². The number of benzene rings is 2. The minimum absolute atomic E-state index is 0.00167. The van der Waals surface area contributed by atoms with Gasteiger partial charge in [0.1, 0.15) is 16.4 Å². The highest BCUT2D eigenvalue weighted by atomic mass is 32.2. The molecular weight excluding hydrogens is 420 g/mol. The van der Waals surface area contributed by atoms with E-state index >= 15 is 0 Å². The van der Waals surface area contributed by atoms with Gasteiger partial charge in [-0.2, -0.15) is 0 Å². The number of hydrogen-bond acceptors (Lipinski definition) is 7. The predicted octanol–water partition coefficient (Wildman–Crippen LogP) is 3.78. The fraction of sp³-hybridized carbons (Fsp3) is 0.273. The van der Waals surface area contributed by atoms with E-state index in [0.29, 0.717) is 22.8 Å². The van der Waals surface area contributed by atoms with Gasteiger partial charge in [0.15, 0.2) is 15.6 Å². The molecule has 0 saturated heterocycles. The van der Waals surface area contributed by atoms with Crippen molar-refractivity contribution in [3.8, 4) is 22.8 Å². The second kappa shape index (κ2) is 9.22. The summed E-state index contributed by atoms with van der Waals surface area (Å²) in [6.45, 7) is 3.66. The summed E-state index contributed by atoms with van der Waals surface area (Å²) in [6.07, 6.45) is -0.206. The van der Waals surface area contributed by atoms with Gasteiger partial charge in [0.25, 0.3) is 0 Å². The van der Waals surface area contributed by atoms with Crippen LogP contribution in [0.1, 0.15) is 17.7 Å². The van der Waals surface area contributed by atoms with E-state index in [9.17, 15) is 13.2 Å². The van der Waals surface area contributed by atoms with Gasteiger partial charge in [-0.3, -0.25) is 4.79 Å². The maximum Gasteiger partial charge on any atom is 0.225 e. The molecule has 164 valence electrons. The molecule has 1 N–H and O–H groups in total. The van der Waals surface area contributed by atoms with E-state index in [4.69, 9.17) is 14.0 Å². The molecule has 0 atom stereocenters. The Kier molecular flexibility index (Phi) is 6.65. The van der Waals surface area contributed by atoms with Crippen LogP contribution in [0.15, 0.2) is 51.9 Å². The Labute approximate surface area is 181 Å². The standard InChI is InChI=1S/C22H24N2O6S/c1-14-15(2)24-30-22(14)16-5-10-19(29-4)20(13-16)31(26,27)12-11-21(25)23-17-6-8-18(28-3)9-7-17/h5-10,13H,11-12H2,1-4H3,(H,23,25). The molecule has 31 heavy (non-hydrogen) atoms. The zero-order valence-electron chi connectivity index (χ0n) is 17.8. The van der Waals surface area contributed by atoms with Gasteiger partial charge < -0.3 is 19.3 Å². The Balaban J connectivity index is 1.77. The predicted molar refractivity (Wildman–Crippen MR) is 116 cm³/mol. The van der Waals surface area contributed by atoms with Crippen molar-refractivity contribution in [1.82, 2.24) is 5.16 Å². The molecule has 0 saturated carbocycles.